The lowest BCUT2D eigenvalue weighted by Crippen LogP contribution is -1.96. The van der Waals surface area contributed by atoms with Crippen LogP contribution in [0.15, 0.2) is 30.5 Å². The molecule has 0 saturated carbocycles. The number of alkyl halides is 1. The quantitative estimate of drug-likeness (QED) is 0.711. The minimum Gasteiger partial charge on any atom is -0.343 e. The Morgan fingerprint density at radius 3 is 2.86 bits per heavy atom. The van der Waals surface area contributed by atoms with E-state index in [1.165, 1.54) is 0 Å². The number of aryl methyl sites for hydroxylation is 1. The molecule has 70 valence electrons. The zero-order valence-corrected chi connectivity index (χ0v) is 7.57. The first-order chi connectivity index (χ1) is 6.86. The van der Waals surface area contributed by atoms with E-state index in [2.05, 4.69) is 6.07 Å². The van der Waals surface area contributed by atoms with E-state index in [9.17, 15) is 4.39 Å². The second-order valence-corrected chi connectivity index (χ2v) is 3.05. The molecule has 0 saturated heterocycles. The first kappa shape index (κ1) is 8.76. The molecule has 0 atom stereocenters. The molecule has 0 unspecified atom stereocenters. The Hall–Kier alpha value is -1.82. The van der Waals surface area contributed by atoms with Gasteiger partial charge >= 0.3 is 0 Å². The Bertz CT molecular complexity index is 493. The lowest BCUT2D eigenvalue weighted by atomic mass is 10.2. The molecular weight excluding hydrogens is 179 g/mol. The minimum absolute atomic E-state index is 0.308. The molecule has 2 nitrogen and oxygen atoms in total. The van der Waals surface area contributed by atoms with E-state index in [1.54, 1.807) is 10.8 Å². The van der Waals surface area contributed by atoms with Crippen LogP contribution in [-0.2, 0) is 6.54 Å². The zero-order chi connectivity index (χ0) is 9.97. The maximum Gasteiger partial charge on any atom is 0.107 e. The zero-order valence-electron chi connectivity index (χ0n) is 7.57. The molecule has 0 aliphatic heterocycles. The molecule has 2 aromatic rings. The molecule has 0 radical (unpaired) electrons. The van der Waals surface area contributed by atoms with E-state index < -0.39 is 6.67 Å². The first-order valence-electron chi connectivity index (χ1n) is 4.40. The normalized spacial score (nSPS) is 10.3. The number of halogens is 1. The van der Waals surface area contributed by atoms with E-state index in [4.69, 9.17) is 5.26 Å². The van der Waals surface area contributed by atoms with Crippen molar-refractivity contribution in [1.29, 1.82) is 5.26 Å². The fourth-order valence-corrected chi connectivity index (χ4v) is 1.61. The van der Waals surface area contributed by atoms with E-state index in [0.717, 1.165) is 10.9 Å². The third-order valence-corrected chi connectivity index (χ3v) is 2.23. The number of benzene rings is 1. The molecule has 1 heterocycles. The van der Waals surface area contributed by atoms with Crippen LogP contribution in [0.5, 0.6) is 0 Å². The first-order valence-corrected chi connectivity index (χ1v) is 4.40. The van der Waals surface area contributed by atoms with E-state index in [1.807, 2.05) is 24.3 Å². The number of fused-ring (bicyclic) bond motifs is 1. The van der Waals surface area contributed by atoms with E-state index in [-0.39, 0.29) is 0 Å². The van der Waals surface area contributed by atoms with Gasteiger partial charge < -0.3 is 4.57 Å². The van der Waals surface area contributed by atoms with Gasteiger partial charge in [0.05, 0.1) is 12.1 Å². The standard InChI is InChI=1S/C11H9FN2/c12-5-6-14-8-9(7-13)10-3-1-2-4-11(10)14/h1-4,8H,5-6H2. The highest BCUT2D eigenvalue weighted by molar-refractivity contribution is 5.86. The summed E-state index contributed by atoms with van der Waals surface area (Å²) in [5, 5.41) is 9.75. The van der Waals surface area contributed by atoms with Crippen molar-refractivity contribution in [3.63, 3.8) is 0 Å². The van der Waals surface area contributed by atoms with Gasteiger partial charge in [-0.05, 0) is 6.07 Å². The summed E-state index contributed by atoms with van der Waals surface area (Å²) in [6, 6.07) is 9.64. The van der Waals surface area contributed by atoms with Crippen LogP contribution in [0.25, 0.3) is 10.9 Å². The van der Waals surface area contributed by atoms with Gasteiger partial charge in [-0.2, -0.15) is 5.26 Å². The molecular formula is C11H9FN2. The molecule has 0 N–H and O–H groups in total. The fourth-order valence-electron chi connectivity index (χ4n) is 1.61. The largest absolute Gasteiger partial charge is 0.343 e. The number of aromatic nitrogens is 1. The molecule has 0 amide bonds. The molecule has 1 aromatic heterocycles. The summed E-state index contributed by atoms with van der Waals surface area (Å²) in [5.41, 5.74) is 1.52. The van der Waals surface area contributed by atoms with Gasteiger partial charge in [-0.1, -0.05) is 18.2 Å². The SMILES string of the molecule is N#Cc1cn(CCF)c2ccccc12. The summed E-state index contributed by atoms with van der Waals surface area (Å²) < 4.78 is 14.0. The van der Waals surface area contributed by atoms with Crippen LogP contribution in [0.4, 0.5) is 4.39 Å². The lowest BCUT2D eigenvalue weighted by molar-refractivity contribution is 0.451. The van der Waals surface area contributed by atoms with Crippen molar-refractivity contribution in [1.82, 2.24) is 4.57 Å². The number of para-hydroxylation sites is 1. The number of hydrogen-bond donors (Lipinski definition) is 0. The number of nitrogens with zero attached hydrogens (tertiary/aromatic N) is 2. The number of rotatable bonds is 2. The Balaban J connectivity index is 2.68. The highest BCUT2D eigenvalue weighted by Crippen LogP contribution is 2.20. The summed E-state index contributed by atoms with van der Waals surface area (Å²) in [5.74, 6) is 0. The molecule has 0 aliphatic carbocycles. The molecule has 0 aliphatic rings. The van der Waals surface area contributed by atoms with Crippen LogP contribution < -0.4 is 0 Å². The molecule has 0 bridgehead atoms. The van der Waals surface area contributed by atoms with Gasteiger partial charge in [0.15, 0.2) is 0 Å². The predicted molar refractivity (Wildman–Crippen MR) is 52.6 cm³/mol. The monoisotopic (exact) mass is 188 g/mol. The third-order valence-electron chi connectivity index (χ3n) is 2.23. The molecule has 2 rings (SSSR count). The average Bonchev–Trinajstić information content (AvgIpc) is 2.58. The predicted octanol–water partition coefficient (Wildman–Crippen LogP) is 2.48. The second-order valence-electron chi connectivity index (χ2n) is 3.05. The highest BCUT2D eigenvalue weighted by atomic mass is 19.1. The summed E-state index contributed by atoms with van der Waals surface area (Å²) in [6.45, 7) is -0.105. The van der Waals surface area contributed by atoms with Gasteiger partial charge in [0.2, 0.25) is 0 Å². The van der Waals surface area contributed by atoms with Crippen LogP contribution in [0, 0.1) is 11.3 Å². The maximum atomic E-state index is 12.2. The van der Waals surface area contributed by atoms with Crippen molar-refractivity contribution < 1.29 is 4.39 Å². The van der Waals surface area contributed by atoms with Crippen LogP contribution in [0.1, 0.15) is 5.56 Å². The van der Waals surface area contributed by atoms with Gasteiger partial charge in [-0.3, -0.25) is 0 Å². The Kier molecular flexibility index (Phi) is 2.19. The highest BCUT2D eigenvalue weighted by Gasteiger charge is 2.06. The summed E-state index contributed by atoms with van der Waals surface area (Å²) in [7, 11) is 0. The molecule has 0 spiro atoms. The number of nitriles is 1. The summed E-state index contributed by atoms with van der Waals surface area (Å²) in [4.78, 5) is 0. The van der Waals surface area contributed by atoms with Crippen molar-refractivity contribution in [2.75, 3.05) is 6.67 Å². The summed E-state index contributed by atoms with van der Waals surface area (Å²) >= 11 is 0. The average molecular weight is 188 g/mol. The molecule has 3 heteroatoms. The maximum absolute atomic E-state index is 12.2. The number of hydrogen-bond acceptors (Lipinski definition) is 1. The smallest absolute Gasteiger partial charge is 0.107 e. The van der Waals surface area contributed by atoms with Crippen molar-refractivity contribution in [3.05, 3.63) is 36.0 Å². The Morgan fingerprint density at radius 1 is 1.36 bits per heavy atom. The fraction of sp³-hybridized carbons (Fsp3) is 0.182. The van der Waals surface area contributed by atoms with E-state index in [0.29, 0.717) is 12.1 Å². The molecule has 1 aromatic carbocycles. The van der Waals surface area contributed by atoms with Crippen molar-refractivity contribution in [2.45, 2.75) is 6.54 Å². The van der Waals surface area contributed by atoms with Gasteiger partial charge in [0.25, 0.3) is 0 Å². The van der Waals surface area contributed by atoms with Crippen molar-refractivity contribution in [3.8, 4) is 6.07 Å². The van der Waals surface area contributed by atoms with Gasteiger partial charge in [-0.25, -0.2) is 4.39 Å². The van der Waals surface area contributed by atoms with Crippen molar-refractivity contribution in [2.24, 2.45) is 0 Å². The van der Waals surface area contributed by atoms with Crippen LogP contribution in [0.2, 0.25) is 0 Å². The van der Waals surface area contributed by atoms with Crippen LogP contribution in [-0.4, -0.2) is 11.2 Å². The minimum atomic E-state index is -0.413. The van der Waals surface area contributed by atoms with Gasteiger partial charge in [0.1, 0.15) is 12.7 Å². The third kappa shape index (κ3) is 1.25. The second kappa shape index (κ2) is 3.51. The van der Waals surface area contributed by atoms with Gasteiger partial charge in [-0.15, -0.1) is 0 Å². The lowest BCUT2D eigenvalue weighted by Gasteiger charge is -1.99. The van der Waals surface area contributed by atoms with Crippen LogP contribution >= 0.6 is 0 Å². The topological polar surface area (TPSA) is 28.7 Å². The Morgan fingerprint density at radius 2 is 2.14 bits per heavy atom. The van der Waals surface area contributed by atoms with Gasteiger partial charge in [0, 0.05) is 17.1 Å². The Labute approximate surface area is 81.2 Å². The van der Waals surface area contributed by atoms with E-state index >= 15 is 0 Å². The summed E-state index contributed by atoms with van der Waals surface area (Å²) in [6.07, 6.45) is 1.70. The molecule has 14 heavy (non-hydrogen) atoms. The molecule has 0 fully saturated rings. The van der Waals surface area contributed by atoms with Crippen LogP contribution in [0.3, 0.4) is 0 Å². The van der Waals surface area contributed by atoms with Crippen molar-refractivity contribution >= 4 is 10.9 Å².